The van der Waals surface area contributed by atoms with Gasteiger partial charge in [0.05, 0.1) is 18.5 Å². The van der Waals surface area contributed by atoms with Gasteiger partial charge in [-0.1, -0.05) is 35.9 Å². The molecule has 0 bridgehead atoms. The number of alkyl halides is 3. The van der Waals surface area contributed by atoms with Crippen molar-refractivity contribution in [2.45, 2.75) is 39.6 Å². The zero-order valence-electron chi connectivity index (χ0n) is 21.5. The van der Waals surface area contributed by atoms with E-state index in [-0.39, 0.29) is 12.4 Å². The highest BCUT2D eigenvalue weighted by Crippen LogP contribution is 2.35. The van der Waals surface area contributed by atoms with Gasteiger partial charge in [-0.05, 0) is 67.8 Å². The van der Waals surface area contributed by atoms with Crippen LogP contribution in [0.3, 0.4) is 0 Å². The van der Waals surface area contributed by atoms with Crippen LogP contribution in [0.2, 0.25) is 0 Å². The van der Waals surface area contributed by atoms with Gasteiger partial charge in [0.25, 0.3) is 0 Å². The summed E-state index contributed by atoms with van der Waals surface area (Å²) in [4.78, 5) is 16.7. The van der Waals surface area contributed by atoms with Crippen molar-refractivity contribution in [1.82, 2.24) is 20.1 Å². The zero-order valence-corrected chi connectivity index (χ0v) is 21.5. The molecule has 202 valence electrons. The molecular formula is C29H27F3N4O3. The van der Waals surface area contributed by atoms with Gasteiger partial charge in [-0.15, -0.1) is 0 Å². The molecule has 2 aromatic carbocycles. The number of nitrogens with zero attached hydrogens (tertiary/aromatic N) is 3. The number of fused-ring (bicyclic) bond motifs is 1. The van der Waals surface area contributed by atoms with Crippen LogP contribution >= 0.6 is 0 Å². The summed E-state index contributed by atoms with van der Waals surface area (Å²) in [5, 5.41) is 7.20. The van der Waals surface area contributed by atoms with Crippen LogP contribution in [0.4, 0.5) is 13.2 Å². The molecule has 1 aliphatic heterocycles. The Morgan fingerprint density at radius 1 is 1.10 bits per heavy atom. The van der Waals surface area contributed by atoms with Gasteiger partial charge >= 0.3 is 12.1 Å². The van der Waals surface area contributed by atoms with Gasteiger partial charge in [0.2, 0.25) is 0 Å². The first-order chi connectivity index (χ1) is 18.7. The van der Waals surface area contributed by atoms with E-state index >= 15 is 0 Å². The molecule has 0 fully saturated rings. The average molecular weight is 537 g/mol. The Morgan fingerprint density at radius 2 is 1.95 bits per heavy atom. The van der Waals surface area contributed by atoms with E-state index in [1.807, 2.05) is 31.2 Å². The normalized spacial score (nSPS) is 13.2. The molecule has 0 unspecified atom stereocenters. The maximum atomic E-state index is 14.0. The number of aryl methyl sites for hydroxylation is 1. The number of rotatable bonds is 7. The summed E-state index contributed by atoms with van der Waals surface area (Å²) in [5.41, 5.74) is 3.67. The van der Waals surface area contributed by atoms with Crippen LogP contribution in [0.5, 0.6) is 5.75 Å². The fourth-order valence-corrected chi connectivity index (χ4v) is 4.60. The van der Waals surface area contributed by atoms with Crippen LogP contribution in [-0.2, 0) is 30.5 Å². The average Bonchev–Trinajstić information content (AvgIpc) is 3.39. The van der Waals surface area contributed by atoms with Crippen LogP contribution in [-0.4, -0.2) is 33.9 Å². The summed E-state index contributed by atoms with van der Waals surface area (Å²) < 4.78 is 53.7. The molecule has 1 aliphatic rings. The summed E-state index contributed by atoms with van der Waals surface area (Å²) >= 11 is 0. The third-order valence-electron chi connectivity index (χ3n) is 6.45. The Bertz CT molecular complexity index is 1510. The van der Waals surface area contributed by atoms with Crippen molar-refractivity contribution in [3.05, 3.63) is 94.3 Å². The minimum atomic E-state index is -4.86. The molecule has 4 aromatic rings. The van der Waals surface area contributed by atoms with Gasteiger partial charge in [-0.2, -0.15) is 18.3 Å². The van der Waals surface area contributed by atoms with Gasteiger partial charge in [-0.3, -0.25) is 0 Å². The summed E-state index contributed by atoms with van der Waals surface area (Å²) in [6.45, 7) is 5.49. The molecule has 10 heteroatoms. The molecule has 0 atom stereocenters. The number of esters is 1. The second-order valence-electron chi connectivity index (χ2n) is 9.24. The Labute approximate surface area is 223 Å². The number of aromatic nitrogens is 3. The fraction of sp³-hybridized carbons (Fsp3) is 0.276. The lowest BCUT2D eigenvalue weighted by Crippen LogP contribution is -2.23. The lowest BCUT2D eigenvalue weighted by atomic mass is 9.99. The molecule has 5 rings (SSSR count). The Balaban J connectivity index is 1.48. The van der Waals surface area contributed by atoms with Crippen molar-refractivity contribution in [3.63, 3.8) is 0 Å². The SMILES string of the molecule is CCOC(=O)c1cnn(-c2cccc(-c3cc(C)ccc3OCc3ccc4c(c3)CCNC4)n2)c1C(F)(F)F. The topological polar surface area (TPSA) is 78.3 Å². The van der Waals surface area contributed by atoms with Gasteiger partial charge in [0, 0.05) is 12.1 Å². The second kappa shape index (κ2) is 10.9. The van der Waals surface area contributed by atoms with E-state index in [0.29, 0.717) is 28.3 Å². The molecule has 0 spiro atoms. The fourth-order valence-electron chi connectivity index (χ4n) is 4.60. The van der Waals surface area contributed by atoms with Crippen molar-refractivity contribution in [2.24, 2.45) is 0 Å². The first-order valence-electron chi connectivity index (χ1n) is 12.6. The molecule has 0 amide bonds. The largest absolute Gasteiger partial charge is 0.488 e. The van der Waals surface area contributed by atoms with E-state index in [2.05, 4.69) is 27.5 Å². The smallest absolute Gasteiger partial charge is 0.434 e. The quantitative estimate of drug-likeness (QED) is 0.307. The third kappa shape index (κ3) is 5.65. The molecule has 0 saturated heterocycles. The van der Waals surface area contributed by atoms with Crippen LogP contribution in [0.25, 0.3) is 17.1 Å². The van der Waals surface area contributed by atoms with E-state index in [1.54, 1.807) is 12.1 Å². The van der Waals surface area contributed by atoms with E-state index < -0.39 is 23.4 Å². The molecular weight excluding hydrogens is 509 g/mol. The highest BCUT2D eigenvalue weighted by molar-refractivity contribution is 5.90. The van der Waals surface area contributed by atoms with E-state index in [0.717, 1.165) is 36.8 Å². The number of pyridine rings is 1. The van der Waals surface area contributed by atoms with Gasteiger partial charge in [0.15, 0.2) is 11.5 Å². The molecule has 2 aromatic heterocycles. The number of hydrogen-bond acceptors (Lipinski definition) is 6. The molecule has 0 saturated carbocycles. The first kappa shape index (κ1) is 26.4. The maximum Gasteiger partial charge on any atom is 0.434 e. The molecule has 3 heterocycles. The molecule has 0 radical (unpaired) electrons. The zero-order chi connectivity index (χ0) is 27.6. The highest BCUT2D eigenvalue weighted by atomic mass is 19.4. The standard InChI is InChI=1S/C29H27F3N4O3/c1-3-38-28(37)23-16-34-36(27(23)29(30,31)32)26-6-4-5-24(35-26)22-13-18(2)7-10-25(22)39-17-19-8-9-21-15-33-12-11-20(21)14-19/h4-10,13-14,16,33H,3,11-12,15,17H2,1-2H3. The van der Waals surface area contributed by atoms with Gasteiger partial charge < -0.3 is 14.8 Å². The van der Waals surface area contributed by atoms with Crippen molar-refractivity contribution in [2.75, 3.05) is 13.2 Å². The van der Waals surface area contributed by atoms with Crippen LogP contribution in [0.15, 0.2) is 60.8 Å². The van der Waals surface area contributed by atoms with E-state index in [4.69, 9.17) is 9.47 Å². The van der Waals surface area contributed by atoms with Crippen LogP contribution in [0.1, 0.15) is 45.2 Å². The van der Waals surface area contributed by atoms with Crippen LogP contribution in [0, 0.1) is 6.92 Å². The predicted octanol–water partition coefficient (Wildman–Crippen LogP) is 5.66. The number of carbonyl (C=O) groups is 1. The molecule has 0 aliphatic carbocycles. The Kier molecular flexibility index (Phi) is 7.38. The Hall–Kier alpha value is -4.18. The molecule has 39 heavy (non-hydrogen) atoms. The Morgan fingerprint density at radius 3 is 2.74 bits per heavy atom. The summed E-state index contributed by atoms with van der Waals surface area (Å²) in [7, 11) is 0. The molecule has 7 nitrogen and oxygen atoms in total. The van der Waals surface area contributed by atoms with Gasteiger partial charge in [-0.25, -0.2) is 14.5 Å². The maximum absolute atomic E-state index is 14.0. The van der Waals surface area contributed by atoms with E-state index in [9.17, 15) is 18.0 Å². The number of halogens is 3. The summed E-state index contributed by atoms with van der Waals surface area (Å²) in [6, 6.07) is 16.6. The van der Waals surface area contributed by atoms with Crippen molar-refractivity contribution < 1.29 is 27.4 Å². The predicted molar refractivity (Wildman–Crippen MR) is 139 cm³/mol. The minimum Gasteiger partial charge on any atom is -0.488 e. The number of ether oxygens (including phenoxy) is 2. The van der Waals surface area contributed by atoms with Crippen molar-refractivity contribution in [1.29, 1.82) is 0 Å². The lowest BCUT2D eigenvalue weighted by molar-refractivity contribution is -0.143. The minimum absolute atomic E-state index is 0.0617. The summed E-state index contributed by atoms with van der Waals surface area (Å²) in [5.74, 6) is -0.639. The van der Waals surface area contributed by atoms with Crippen molar-refractivity contribution >= 4 is 5.97 Å². The monoisotopic (exact) mass is 536 g/mol. The van der Waals surface area contributed by atoms with Crippen molar-refractivity contribution in [3.8, 4) is 22.8 Å². The number of nitrogens with one attached hydrogen (secondary N) is 1. The van der Waals surface area contributed by atoms with Crippen LogP contribution < -0.4 is 10.1 Å². The van der Waals surface area contributed by atoms with Gasteiger partial charge in [0.1, 0.15) is 17.9 Å². The second-order valence-corrected chi connectivity index (χ2v) is 9.24. The summed E-state index contributed by atoms with van der Waals surface area (Å²) in [6.07, 6.45) is -3.05. The number of hydrogen-bond donors (Lipinski definition) is 1. The third-order valence-corrected chi connectivity index (χ3v) is 6.45. The highest BCUT2D eigenvalue weighted by Gasteiger charge is 2.41. The lowest BCUT2D eigenvalue weighted by Gasteiger charge is -2.18. The molecule has 1 N–H and O–H groups in total. The first-order valence-corrected chi connectivity index (χ1v) is 12.6. The number of benzene rings is 2. The number of carbonyl (C=O) groups excluding carboxylic acids is 1. The van der Waals surface area contributed by atoms with E-state index in [1.165, 1.54) is 24.1 Å².